The number of halogens is 2. The Labute approximate surface area is 220 Å². The van der Waals surface area contributed by atoms with Gasteiger partial charge in [-0.2, -0.15) is 0 Å². The van der Waals surface area contributed by atoms with E-state index in [2.05, 4.69) is 38.6 Å². The average molecular weight is 538 g/mol. The molecule has 3 aromatic carbocycles. The molecule has 0 radical (unpaired) electrons. The van der Waals surface area contributed by atoms with Crippen molar-refractivity contribution in [2.24, 2.45) is 0 Å². The molecule has 0 spiro atoms. The number of benzene rings is 3. The van der Waals surface area contributed by atoms with E-state index in [-0.39, 0.29) is 5.56 Å². The second kappa shape index (κ2) is 9.67. The van der Waals surface area contributed by atoms with Gasteiger partial charge in [0.25, 0.3) is 0 Å². The Bertz CT molecular complexity index is 1610. The number of fused-ring (bicyclic) bond motifs is 1. The summed E-state index contributed by atoms with van der Waals surface area (Å²) in [6.07, 6.45) is 2.93. The molecule has 2 aliphatic rings. The summed E-state index contributed by atoms with van der Waals surface area (Å²) in [5, 5.41) is -0.413. The highest BCUT2D eigenvalue weighted by Gasteiger charge is 2.35. The van der Waals surface area contributed by atoms with Crippen molar-refractivity contribution in [1.82, 2.24) is 14.5 Å². The Morgan fingerprint density at radius 1 is 0.947 bits per heavy atom. The molecule has 0 bridgehead atoms. The summed E-state index contributed by atoms with van der Waals surface area (Å²) in [5.74, 6) is -1.40. The zero-order valence-corrected chi connectivity index (χ0v) is 21.9. The molecule has 0 unspecified atom stereocenters. The van der Waals surface area contributed by atoms with Crippen LogP contribution in [0.5, 0.6) is 0 Å². The van der Waals surface area contributed by atoms with Crippen LogP contribution in [0, 0.1) is 11.6 Å². The summed E-state index contributed by atoms with van der Waals surface area (Å²) in [6.45, 7) is 7.18. The normalized spacial score (nSPS) is 16.8. The fraction of sp³-hybridized carbons (Fsp3) is 0.321. The van der Waals surface area contributed by atoms with Gasteiger partial charge >= 0.3 is 0 Å². The summed E-state index contributed by atoms with van der Waals surface area (Å²) in [5.41, 5.74) is 4.30. The smallest absolute Gasteiger partial charge is 0.235 e. The van der Waals surface area contributed by atoms with E-state index in [4.69, 9.17) is 0 Å². The highest BCUT2D eigenvalue weighted by Crippen LogP contribution is 2.34. The highest BCUT2D eigenvalue weighted by atomic mass is 32.2. The molecule has 10 heteroatoms. The topological polar surface area (TPSA) is 70.5 Å². The van der Waals surface area contributed by atoms with Crippen molar-refractivity contribution in [3.8, 4) is 16.8 Å². The minimum Gasteiger partial charge on any atom is -0.369 e. The largest absolute Gasteiger partial charge is 0.369 e. The van der Waals surface area contributed by atoms with Crippen molar-refractivity contribution in [3.63, 3.8) is 0 Å². The summed E-state index contributed by atoms with van der Waals surface area (Å²) in [4.78, 5) is 9.40. The molecule has 198 valence electrons. The van der Waals surface area contributed by atoms with Crippen molar-refractivity contribution in [2.75, 3.05) is 42.3 Å². The third-order valence-electron chi connectivity index (χ3n) is 7.38. The van der Waals surface area contributed by atoms with Crippen LogP contribution >= 0.6 is 0 Å². The summed E-state index contributed by atoms with van der Waals surface area (Å²) < 4.78 is 58.2. The van der Waals surface area contributed by atoms with Crippen LogP contribution in [0.15, 0.2) is 60.9 Å². The Kier molecular flexibility index (Phi) is 6.31. The molecule has 1 saturated carbocycles. The Morgan fingerprint density at radius 2 is 1.74 bits per heavy atom. The first-order chi connectivity index (χ1) is 18.3. The second-order valence-electron chi connectivity index (χ2n) is 9.95. The van der Waals surface area contributed by atoms with Gasteiger partial charge in [0, 0.05) is 49.2 Å². The number of sulfonamides is 1. The molecule has 1 N–H and O–H groups in total. The molecule has 6 rings (SSSR count). The van der Waals surface area contributed by atoms with E-state index in [1.54, 1.807) is 24.5 Å². The predicted molar refractivity (Wildman–Crippen MR) is 146 cm³/mol. The molecule has 1 aliphatic heterocycles. The summed E-state index contributed by atoms with van der Waals surface area (Å²) in [7, 11) is -3.55. The van der Waals surface area contributed by atoms with Crippen molar-refractivity contribution in [1.29, 1.82) is 0 Å². The predicted octanol–water partition coefficient (Wildman–Crippen LogP) is 5.02. The van der Waals surface area contributed by atoms with Gasteiger partial charge in [-0.05, 0) is 73.5 Å². The molecule has 1 aliphatic carbocycles. The fourth-order valence-corrected chi connectivity index (χ4v) is 6.41. The SMILES string of the molecule is CCN1CCN(c2ccc3c(c2)ncn3-c2cc(NS(=O)(=O)C3CC3)cc(-c3ccc(F)cc3F)c2)CC1. The number of nitrogens with zero attached hydrogens (tertiary/aromatic N) is 4. The number of anilines is 2. The van der Waals surface area contributed by atoms with Crippen LogP contribution in [0.25, 0.3) is 27.8 Å². The number of rotatable bonds is 7. The minimum atomic E-state index is -3.55. The maximum Gasteiger partial charge on any atom is 0.235 e. The van der Waals surface area contributed by atoms with Crippen LogP contribution < -0.4 is 9.62 Å². The number of hydrogen-bond acceptors (Lipinski definition) is 5. The monoisotopic (exact) mass is 537 g/mol. The van der Waals surface area contributed by atoms with E-state index < -0.39 is 26.9 Å². The number of likely N-dealkylation sites (N-methyl/N-ethyl adjacent to an activating group) is 1. The van der Waals surface area contributed by atoms with Gasteiger partial charge in [0.05, 0.1) is 22.0 Å². The molecule has 0 atom stereocenters. The number of nitrogens with one attached hydrogen (secondary N) is 1. The van der Waals surface area contributed by atoms with Gasteiger partial charge in [-0.25, -0.2) is 22.2 Å². The third-order valence-corrected chi connectivity index (χ3v) is 9.25. The van der Waals surface area contributed by atoms with Crippen LogP contribution in [-0.2, 0) is 10.0 Å². The molecular formula is C28H29F2N5O2S. The maximum atomic E-state index is 14.7. The standard InChI is InChI=1S/C28H29F2N5O2S/c1-2-33-9-11-34(12-10-33)22-4-8-28-27(17-22)31-18-35(28)23-14-19(25-7-3-20(29)15-26(25)30)13-21(16-23)32-38(36,37)24-5-6-24/h3-4,7-8,13-18,24,32H,2,5-6,9-12H2,1H3. The molecule has 2 fully saturated rings. The van der Waals surface area contributed by atoms with Gasteiger partial charge < -0.3 is 9.80 Å². The van der Waals surface area contributed by atoms with E-state index in [0.717, 1.165) is 55.5 Å². The van der Waals surface area contributed by atoms with Crippen LogP contribution in [0.3, 0.4) is 0 Å². The molecule has 4 aromatic rings. The van der Waals surface area contributed by atoms with E-state index in [1.165, 1.54) is 12.1 Å². The number of hydrogen-bond donors (Lipinski definition) is 1. The lowest BCUT2D eigenvalue weighted by Crippen LogP contribution is -2.46. The van der Waals surface area contributed by atoms with E-state index in [0.29, 0.717) is 29.8 Å². The van der Waals surface area contributed by atoms with Gasteiger partial charge in [0.2, 0.25) is 10.0 Å². The van der Waals surface area contributed by atoms with Gasteiger partial charge in [-0.3, -0.25) is 9.29 Å². The first-order valence-electron chi connectivity index (χ1n) is 12.9. The van der Waals surface area contributed by atoms with Crippen molar-refractivity contribution in [3.05, 3.63) is 72.6 Å². The van der Waals surface area contributed by atoms with E-state index >= 15 is 0 Å². The Hall–Kier alpha value is -3.50. The molecule has 1 aromatic heterocycles. The van der Waals surface area contributed by atoms with Crippen LogP contribution in [0.2, 0.25) is 0 Å². The maximum absolute atomic E-state index is 14.7. The molecule has 2 heterocycles. The lowest BCUT2D eigenvalue weighted by molar-refractivity contribution is 0.271. The molecular weight excluding hydrogens is 508 g/mol. The van der Waals surface area contributed by atoms with Gasteiger partial charge in [-0.15, -0.1) is 0 Å². The number of imidazole rings is 1. The van der Waals surface area contributed by atoms with Crippen LogP contribution in [-0.4, -0.2) is 60.8 Å². The Balaban J connectivity index is 1.39. The van der Waals surface area contributed by atoms with Crippen LogP contribution in [0.1, 0.15) is 19.8 Å². The van der Waals surface area contributed by atoms with Crippen molar-refractivity contribution < 1.29 is 17.2 Å². The lowest BCUT2D eigenvalue weighted by atomic mass is 10.0. The molecule has 38 heavy (non-hydrogen) atoms. The first kappa shape index (κ1) is 24.8. The molecule has 7 nitrogen and oxygen atoms in total. The second-order valence-corrected chi connectivity index (χ2v) is 11.9. The highest BCUT2D eigenvalue weighted by molar-refractivity contribution is 7.93. The number of aromatic nitrogens is 2. The zero-order valence-electron chi connectivity index (χ0n) is 21.1. The van der Waals surface area contributed by atoms with Gasteiger partial charge in [0.15, 0.2) is 0 Å². The third kappa shape index (κ3) is 4.86. The van der Waals surface area contributed by atoms with Crippen molar-refractivity contribution >= 4 is 32.4 Å². The summed E-state index contributed by atoms with van der Waals surface area (Å²) >= 11 is 0. The summed E-state index contributed by atoms with van der Waals surface area (Å²) in [6, 6.07) is 14.6. The zero-order chi connectivity index (χ0) is 26.4. The molecule has 1 saturated heterocycles. The number of piperazine rings is 1. The fourth-order valence-electron chi connectivity index (χ4n) is 5.04. The van der Waals surface area contributed by atoms with E-state index in [9.17, 15) is 17.2 Å². The quantitative estimate of drug-likeness (QED) is 0.359. The molecule has 0 amide bonds. The first-order valence-corrected chi connectivity index (χ1v) is 14.4. The van der Waals surface area contributed by atoms with E-state index in [1.807, 2.05) is 10.6 Å². The lowest BCUT2D eigenvalue weighted by Gasteiger charge is -2.35. The average Bonchev–Trinajstić information content (AvgIpc) is 3.69. The van der Waals surface area contributed by atoms with Gasteiger partial charge in [0.1, 0.15) is 18.0 Å². The van der Waals surface area contributed by atoms with Crippen molar-refractivity contribution in [2.45, 2.75) is 25.0 Å². The minimum absolute atomic E-state index is 0.179. The Morgan fingerprint density at radius 3 is 2.45 bits per heavy atom. The van der Waals surface area contributed by atoms with Crippen LogP contribution in [0.4, 0.5) is 20.2 Å². The van der Waals surface area contributed by atoms with Gasteiger partial charge in [-0.1, -0.05) is 6.92 Å².